The highest BCUT2D eigenvalue weighted by Crippen LogP contribution is 2.32. The van der Waals surface area contributed by atoms with E-state index in [9.17, 15) is 9.59 Å². The minimum absolute atomic E-state index is 0.0729. The normalized spacial score (nSPS) is 10.3. The zero-order valence-electron chi connectivity index (χ0n) is 10.2. The molecule has 0 spiro atoms. The number of benzene rings is 1. The molecule has 0 aliphatic heterocycles. The van der Waals surface area contributed by atoms with Crippen LogP contribution in [0.5, 0.6) is 0 Å². The van der Waals surface area contributed by atoms with Gasteiger partial charge in [0.1, 0.15) is 0 Å². The Labute approximate surface area is 136 Å². The summed E-state index contributed by atoms with van der Waals surface area (Å²) in [5.74, 6) is -1.43. The van der Waals surface area contributed by atoms with Gasteiger partial charge in [-0.2, -0.15) is 0 Å². The van der Waals surface area contributed by atoms with Crippen LogP contribution >= 0.6 is 43.2 Å². The van der Waals surface area contributed by atoms with Crippen LogP contribution in [0, 0.1) is 6.92 Å². The number of amides is 1. The van der Waals surface area contributed by atoms with Crippen LogP contribution < -0.4 is 5.32 Å². The van der Waals surface area contributed by atoms with Gasteiger partial charge in [-0.05, 0) is 56.5 Å². The maximum absolute atomic E-state index is 12.2. The third-order valence-electron chi connectivity index (χ3n) is 2.64. The largest absolute Gasteiger partial charge is 0.478 e. The molecular formula is C13H9Br2NO3S. The number of carboxylic acid groups (broad SMARTS) is 1. The molecule has 1 aromatic carbocycles. The van der Waals surface area contributed by atoms with E-state index in [-0.39, 0.29) is 11.5 Å². The van der Waals surface area contributed by atoms with Gasteiger partial charge in [0.25, 0.3) is 5.91 Å². The smallest absolute Gasteiger partial charge is 0.337 e. The number of hydrogen-bond donors (Lipinski definition) is 2. The van der Waals surface area contributed by atoms with E-state index in [0.717, 1.165) is 3.79 Å². The summed E-state index contributed by atoms with van der Waals surface area (Å²) >= 11 is 7.99. The van der Waals surface area contributed by atoms with Gasteiger partial charge in [0.15, 0.2) is 0 Å². The van der Waals surface area contributed by atoms with Crippen molar-refractivity contribution in [2.45, 2.75) is 6.92 Å². The number of aryl methyl sites for hydroxylation is 1. The minimum Gasteiger partial charge on any atom is -0.478 e. The molecule has 0 atom stereocenters. The first-order valence-corrected chi connectivity index (χ1v) is 7.89. The van der Waals surface area contributed by atoms with Crippen molar-refractivity contribution in [1.82, 2.24) is 0 Å². The van der Waals surface area contributed by atoms with Crippen molar-refractivity contribution in [2.24, 2.45) is 0 Å². The molecule has 0 unspecified atom stereocenters. The first-order chi connectivity index (χ1) is 9.40. The van der Waals surface area contributed by atoms with Gasteiger partial charge in [0.05, 0.1) is 24.4 Å². The van der Waals surface area contributed by atoms with Crippen LogP contribution in [0.3, 0.4) is 0 Å². The molecule has 1 amide bonds. The lowest BCUT2D eigenvalue weighted by Gasteiger charge is -2.11. The van der Waals surface area contributed by atoms with E-state index in [1.54, 1.807) is 25.1 Å². The standard InChI is InChI=1S/C13H9Br2NO3S/c1-6-3-2-4-7(13(18)19)10(6)16-12(17)8-5-9(14)20-11(8)15/h2-5H,1H3,(H,16,17)(H,18,19). The highest BCUT2D eigenvalue weighted by molar-refractivity contribution is 9.12. The van der Waals surface area contributed by atoms with E-state index in [2.05, 4.69) is 37.2 Å². The summed E-state index contributed by atoms with van der Waals surface area (Å²) < 4.78 is 1.50. The van der Waals surface area contributed by atoms with Gasteiger partial charge in [0.2, 0.25) is 0 Å². The molecule has 0 saturated carbocycles. The maximum Gasteiger partial charge on any atom is 0.337 e. The number of nitrogens with one attached hydrogen (secondary N) is 1. The average molecular weight is 419 g/mol. The summed E-state index contributed by atoms with van der Waals surface area (Å²) in [4.78, 5) is 23.4. The fourth-order valence-corrected chi connectivity index (χ4v) is 4.48. The van der Waals surface area contributed by atoms with E-state index < -0.39 is 5.97 Å². The zero-order chi connectivity index (χ0) is 14.9. The molecule has 2 N–H and O–H groups in total. The second-order valence-electron chi connectivity index (χ2n) is 3.99. The van der Waals surface area contributed by atoms with Gasteiger partial charge in [-0.25, -0.2) is 4.79 Å². The Morgan fingerprint density at radius 2 is 1.95 bits per heavy atom. The minimum atomic E-state index is -1.07. The fraction of sp³-hybridized carbons (Fsp3) is 0.0769. The van der Waals surface area contributed by atoms with Crippen molar-refractivity contribution in [1.29, 1.82) is 0 Å². The number of halogens is 2. The Balaban J connectivity index is 2.37. The molecule has 0 bridgehead atoms. The Morgan fingerprint density at radius 1 is 1.25 bits per heavy atom. The molecule has 0 aliphatic rings. The zero-order valence-corrected chi connectivity index (χ0v) is 14.2. The van der Waals surface area contributed by atoms with E-state index in [1.807, 2.05) is 0 Å². The van der Waals surface area contributed by atoms with Crippen molar-refractivity contribution < 1.29 is 14.7 Å². The van der Waals surface area contributed by atoms with Gasteiger partial charge in [-0.1, -0.05) is 12.1 Å². The van der Waals surface area contributed by atoms with Crippen molar-refractivity contribution >= 4 is 60.8 Å². The third kappa shape index (κ3) is 3.11. The fourth-order valence-electron chi connectivity index (χ4n) is 1.69. The van der Waals surface area contributed by atoms with Crippen LogP contribution in [0.2, 0.25) is 0 Å². The predicted molar refractivity (Wildman–Crippen MR) is 85.8 cm³/mol. The van der Waals surface area contributed by atoms with E-state index in [0.29, 0.717) is 20.6 Å². The van der Waals surface area contributed by atoms with Crippen LogP contribution in [0.15, 0.2) is 31.8 Å². The van der Waals surface area contributed by atoms with Crippen LogP contribution in [0.25, 0.3) is 0 Å². The summed E-state index contributed by atoms with van der Waals surface area (Å²) in [7, 11) is 0. The van der Waals surface area contributed by atoms with Crippen molar-refractivity contribution in [3.63, 3.8) is 0 Å². The molecule has 104 valence electrons. The van der Waals surface area contributed by atoms with Crippen molar-refractivity contribution in [2.75, 3.05) is 5.32 Å². The van der Waals surface area contributed by atoms with Crippen LogP contribution in [0.4, 0.5) is 5.69 Å². The topological polar surface area (TPSA) is 66.4 Å². The number of para-hydroxylation sites is 1. The number of carbonyl (C=O) groups is 2. The molecule has 1 aromatic heterocycles. The second kappa shape index (κ2) is 6.07. The number of anilines is 1. The molecule has 2 aromatic rings. The van der Waals surface area contributed by atoms with E-state index in [4.69, 9.17) is 5.11 Å². The number of carbonyl (C=O) groups excluding carboxylic acids is 1. The number of carboxylic acids is 1. The van der Waals surface area contributed by atoms with Gasteiger partial charge >= 0.3 is 5.97 Å². The average Bonchev–Trinajstić information content (AvgIpc) is 2.70. The van der Waals surface area contributed by atoms with E-state index in [1.165, 1.54) is 17.4 Å². The van der Waals surface area contributed by atoms with Gasteiger partial charge in [-0.3, -0.25) is 4.79 Å². The third-order valence-corrected chi connectivity index (χ3v) is 4.98. The molecule has 0 saturated heterocycles. The molecule has 1 heterocycles. The summed E-state index contributed by atoms with van der Waals surface area (Å²) in [6.07, 6.45) is 0. The Hall–Kier alpha value is -1.18. The van der Waals surface area contributed by atoms with Crippen LogP contribution in [-0.4, -0.2) is 17.0 Å². The van der Waals surface area contributed by atoms with Crippen molar-refractivity contribution in [3.05, 3.63) is 48.5 Å². The number of rotatable bonds is 3. The quantitative estimate of drug-likeness (QED) is 0.769. The molecule has 0 radical (unpaired) electrons. The van der Waals surface area contributed by atoms with Crippen LogP contribution in [0.1, 0.15) is 26.3 Å². The number of thiophene rings is 1. The lowest BCUT2D eigenvalue weighted by molar-refractivity contribution is 0.0698. The lowest BCUT2D eigenvalue weighted by Crippen LogP contribution is -2.15. The second-order valence-corrected chi connectivity index (χ2v) is 7.74. The molecule has 0 fully saturated rings. The Bertz CT molecular complexity index is 697. The SMILES string of the molecule is Cc1cccc(C(=O)O)c1NC(=O)c1cc(Br)sc1Br. The summed E-state index contributed by atoms with van der Waals surface area (Å²) in [6.45, 7) is 1.75. The van der Waals surface area contributed by atoms with Crippen LogP contribution in [-0.2, 0) is 0 Å². The highest BCUT2D eigenvalue weighted by atomic mass is 79.9. The summed E-state index contributed by atoms with van der Waals surface area (Å²) in [5.41, 5.74) is 1.55. The first-order valence-electron chi connectivity index (χ1n) is 5.49. The lowest BCUT2D eigenvalue weighted by atomic mass is 10.1. The van der Waals surface area contributed by atoms with E-state index >= 15 is 0 Å². The van der Waals surface area contributed by atoms with Crippen molar-refractivity contribution in [3.8, 4) is 0 Å². The monoisotopic (exact) mass is 417 g/mol. The predicted octanol–water partition coefficient (Wildman–Crippen LogP) is 4.53. The van der Waals surface area contributed by atoms with Gasteiger partial charge < -0.3 is 10.4 Å². The Kier molecular flexibility index (Phi) is 4.62. The first kappa shape index (κ1) is 15.2. The highest BCUT2D eigenvalue weighted by Gasteiger charge is 2.18. The molecule has 20 heavy (non-hydrogen) atoms. The molecule has 0 aliphatic carbocycles. The Morgan fingerprint density at radius 3 is 2.50 bits per heavy atom. The summed E-state index contributed by atoms with van der Waals surface area (Å²) in [6, 6.07) is 6.54. The molecule has 2 rings (SSSR count). The number of aromatic carboxylic acids is 1. The number of hydrogen-bond acceptors (Lipinski definition) is 3. The maximum atomic E-state index is 12.2. The molecule has 4 nitrogen and oxygen atoms in total. The van der Waals surface area contributed by atoms with Gasteiger partial charge in [-0.15, -0.1) is 11.3 Å². The molecule has 7 heteroatoms. The summed E-state index contributed by atoms with van der Waals surface area (Å²) in [5, 5.41) is 11.8. The van der Waals surface area contributed by atoms with Gasteiger partial charge in [0, 0.05) is 0 Å². The molecular weight excluding hydrogens is 410 g/mol.